The van der Waals surface area contributed by atoms with Gasteiger partial charge in [0.25, 0.3) is 0 Å². The third-order valence-electron chi connectivity index (χ3n) is 2.74. The van der Waals surface area contributed by atoms with Crippen molar-refractivity contribution in [1.82, 2.24) is 4.90 Å². The summed E-state index contributed by atoms with van der Waals surface area (Å²) >= 11 is 0. The minimum absolute atomic E-state index is 0.0431. The number of likely N-dealkylation sites (N-methyl/N-ethyl adjacent to an activating group) is 1. The van der Waals surface area contributed by atoms with Crippen molar-refractivity contribution < 1.29 is 19.1 Å². The summed E-state index contributed by atoms with van der Waals surface area (Å²) in [6.07, 6.45) is 1.07. The maximum atomic E-state index is 11.8. The molecule has 1 aromatic rings. The summed E-state index contributed by atoms with van der Waals surface area (Å²) in [5.74, 6) is -0.762. The van der Waals surface area contributed by atoms with E-state index in [9.17, 15) is 9.59 Å². The average Bonchev–Trinajstić information content (AvgIpc) is 2.51. The van der Waals surface area contributed by atoms with E-state index in [0.717, 1.165) is 11.8 Å². The van der Waals surface area contributed by atoms with Crippen molar-refractivity contribution in [3.8, 4) is 0 Å². The van der Waals surface area contributed by atoms with E-state index >= 15 is 0 Å². The Bertz CT molecular complexity index is 564. The third-order valence-corrected chi connectivity index (χ3v) is 2.74. The van der Waals surface area contributed by atoms with Crippen molar-refractivity contribution in [3.05, 3.63) is 42.1 Å². The number of methoxy groups -OCH3 is 2. The van der Waals surface area contributed by atoms with E-state index in [0.29, 0.717) is 5.84 Å². The molecule has 0 saturated carbocycles. The number of hydrogen-bond donors (Lipinski definition) is 0. The number of benzene rings is 1. The summed E-state index contributed by atoms with van der Waals surface area (Å²) in [4.78, 5) is 29.0. The largest absolute Gasteiger partial charge is 0.466 e. The monoisotopic (exact) mass is 290 g/mol. The van der Waals surface area contributed by atoms with E-state index in [1.54, 1.807) is 14.0 Å². The standard InChI is InChI=1S/C15H18N2O4/c1-11(16-12-8-6-5-7-9-12)17(2)13(15(19)21-4)10-14(18)20-3/h5-10H,1-4H3/b13-10+,16-11?. The molecule has 0 aromatic heterocycles. The van der Waals surface area contributed by atoms with Gasteiger partial charge in [-0.3, -0.25) is 0 Å². The highest BCUT2D eigenvalue weighted by Crippen LogP contribution is 2.13. The van der Waals surface area contributed by atoms with Crippen LogP contribution in [0.5, 0.6) is 0 Å². The van der Waals surface area contributed by atoms with Crippen molar-refractivity contribution in [2.75, 3.05) is 21.3 Å². The van der Waals surface area contributed by atoms with E-state index in [1.807, 2.05) is 30.3 Å². The van der Waals surface area contributed by atoms with Gasteiger partial charge in [-0.1, -0.05) is 18.2 Å². The van der Waals surface area contributed by atoms with Gasteiger partial charge < -0.3 is 14.4 Å². The molecule has 0 unspecified atom stereocenters. The zero-order chi connectivity index (χ0) is 15.8. The molecule has 0 heterocycles. The Hall–Kier alpha value is -2.63. The first-order valence-corrected chi connectivity index (χ1v) is 6.21. The Morgan fingerprint density at radius 2 is 1.76 bits per heavy atom. The van der Waals surface area contributed by atoms with Gasteiger partial charge in [0.05, 0.1) is 26.0 Å². The van der Waals surface area contributed by atoms with Crippen LogP contribution < -0.4 is 0 Å². The molecule has 6 heteroatoms. The molecule has 1 aromatic carbocycles. The van der Waals surface area contributed by atoms with Gasteiger partial charge in [0.2, 0.25) is 0 Å². The fourth-order valence-corrected chi connectivity index (χ4v) is 1.51. The van der Waals surface area contributed by atoms with Gasteiger partial charge in [-0.15, -0.1) is 0 Å². The normalized spacial score (nSPS) is 11.8. The van der Waals surface area contributed by atoms with Crippen molar-refractivity contribution in [2.24, 2.45) is 4.99 Å². The molecule has 0 radical (unpaired) electrons. The van der Waals surface area contributed by atoms with Gasteiger partial charge in [-0.25, -0.2) is 14.6 Å². The number of nitrogens with zero attached hydrogens (tertiary/aromatic N) is 2. The molecular formula is C15H18N2O4. The van der Waals surface area contributed by atoms with Crippen molar-refractivity contribution in [3.63, 3.8) is 0 Å². The van der Waals surface area contributed by atoms with Crippen molar-refractivity contribution in [1.29, 1.82) is 0 Å². The number of carbonyl (C=O) groups is 2. The molecule has 0 N–H and O–H groups in total. The number of carbonyl (C=O) groups excluding carboxylic acids is 2. The van der Waals surface area contributed by atoms with Gasteiger partial charge in [-0.2, -0.15) is 0 Å². The lowest BCUT2D eigenvalue weighted by Gasteiger charge is -2.20. The van der Waals surface area contributed by atoms with Crippen LogP contribution in [0.2, 0.25) is 0 Å². The lowest BCUT2D eigenvalue weighted by atomic mass is 10.3. The van der Waals surface area contributed by atoms with Crippen LogP contribution in [-0.2, 0) is 19.1 Å². The summed E-state index contributed by atoms with van der Waals surface area (Å²) in [5, 5.41) is 0. The SMILES string of the molecule is COC(=O)/C=C(\C(=O)OC)N(C)C(C)=Nc1ccccc1. The summed E-state index contributed by atoms with van der Waals surface area (Å²) in [6, 6.07) is 9.27. The van der Waals surface area contributed by atoms with E-state index in [4.69, 9.17) is 0 Å². The van der Waals surface area contributed by atoms with Crippen LogP contribution in [-0.4, -0.2) is 43.9 Å². The zero-order valence-electron chi connectivity index (χ0n) is 12.5. The minimum Gasteiger partial charge on any atom is -0.466 e. The number of para-hydroxylation sites is 1. The van der Waals surface area contributed by atoms with Gasteiger partial charge in [0.15, 0.2) is 0 Å². The second-order valence-electron chi connectivity index (χ2n) is 4.10. The molecule has 0 aliphatic carbocycles. The van der Waals surface area contributed by atoms with E-state index in [1.165, 1.54) is 19.1 Å². The molecule has 1 rings (SSSR count). The van der Waals surface area contributed by atoms with Crippen LogP contribution in [0.25, 0.3) is 0 Å². The van der Waals surface area contributed by atoms with Crippen molar-refractivity contribution in [2.45, 2.75) is 6.92 Å². The molecule has 112 valence electrons. The van der Waals surface area contributed by atoms with Crippen LogP contribution in [0.1, 0.15) is 6.92 Å². The molecule has 6 nitrogen and oxygen atoms in total. The molecule has 0 saturated heterocycles. The van der Waals surface area contributed by atoms with Crippen LogP contribution in [0, 0.1) is 0 Å². The number of rotatable bonds is 4. The number of ether oxygens (including phenoxy) is 2. The summed E-state index contributed by atoms with van der Waals surface area (Å²) in [5.41, 5.74) is 0.783. The minimum atomic E-state index is -0.648. The number of hydrogen-bond acceptors (Lipinski definition) is 5. The summed E-state index contributed by atoms with van der Waals surface area (Å²) in [6.45, 7) is 1.72. The molecule has 0 aliphatic rings. The second kappa shape index (κ2) is 7.84. The summed E-state index contributed by atoms with van der Waals surface area (Å²) < 4.78 is 9.20. The fourth-order valence-electron chi connectivity index (χ4n) is 1.51. The quantitative estimate of drug-likeness (QED) is 0.367. The molecule has 0 atom stereocenters. The lowest BCUT2D eigenvalue weighted by Crippen LogP contribution is -2.29. The first kappa shape index (κ1) is 16.4. The average molecular weight is 290 g/mol. The first-order valence-electron chi connectivity index (χ1n) is 6.21. The van der Waals surface area contributed by atoms with Crippen molar-refractivity contribution >= 4 is 23.5 Å². The fraction of sp³-hybridized carbons (Fsp3) is 0.267. The third kappa shape index (κ3) is 4.76. The molecule has 0 bridgehead atoms. The van der Waals surface area contributed by atoms with E-state index in [2.05, 4.69) is 14.5 Å². The molecule has 0 fully saturated rings. The van der Waals surface area contributed by atoms with Crippen LogP contribution in [0.4, 0.5) is 5.69 Å². The summed E-state index contributed by atoms with van der Waals surface area (Å²) in [7, 11) is 4.09. The number of amidine groups is 1. The highest BCUT2D eigenvalue weighted by atomic mass is 16.5. The Morgan fingerprint density at radius 1 is 1.14 bits per heavy atom. The Labute approximate surface area is 123 Å². The predicted octanol–water partition coefficient (Wildman–Crippen LogP) is 1.90. The van der Waals surface area contributed by atoms with E-state index < -0.39 is 11.9 Å². The highest BCUT2D eigenvalue weighted by molar-refractivity contribution is 6.00. The zero-order valence-corrected chi connectivity index (χ0v) is 12.5. The molecule has 0 aliphatic heterocycles. The van der Waals surface area contributed by atoms with Gasteiger partial charge in [-0.05, 0) is 19.1 Å². The van der Waals surface area contributed by atoms with Crippen LogP contribution >= 0.6 is 0 Å². The Morgan fingerprint density at radius 3 is 2.29 bits per heavy atom. The first-order chi connectivity index (χ1) is 9.99. The molecular weight excluding hydrogens is 272 g/mol. The smallest absolute Gasteiger partial charge is 0.354 e. The maximum Gasteiger partial charge on any atom is 0.354 e. The number of aliphatic imine (C=N–C) groups is 1. The molecule has 21 heavy (non-hydrogen) atoms. The van der Waals surface area contributed by atoms with E-state index in [-0.39, 0.29) is 5.70 Å². The lowest BCUT2D eigenvalue weighted by molar-refractivity contribution is -0.139. The Balaban J connectivity index is 3.08. The number of esters is 2. The van der Waals surface area contributed by atoms with Crippen LogP contribution in [0.3, 0.4) is 0 Å². The van der Waals surface area contributed by atoms with Gasteiger partial charge in [0.1, 0.15) is 11.5 Å². The topological polar surface area (TPSA) is 68.2 Å². The van der Waals surface area contributed by atoms with Gasteiger partial charge in [0, 0.05) is 7.05 Å². The second-order valence-corrected chi connectivity index (χ2v) is 4.10. The highest BCUT2D eigenvalue weighted by Gasteiger charge is 2.19. The maximum absolute atomic E-state index is 11.8. The molecule has 0 spiro atoms. The van der Waals surface area contributed by atoms with Gasteiger partial charge >= 0.3 is 11.9 Å². The Kier molecular flexibility index (Phi) is 6.13. The molecule has 0 amide bonds. The predicted molar refractivity (Wildman–Crippen MR) is 79.1 cm³/mol. The van der Waals surface area contributed by atoms with Crippen LogP contribution in [0.15, 0.2) is 47.1 Å².